The van der Waals surface area contributed by atoms with E-state index in [2.05, 4.69) is 10.2 Å². The lowest BCUT2D eigenvalue weighted by atomic mass is 10.3. The van der Waals surface area contributed by atoms with Gasteiger partial charge in [0.05, 0.1) is 6.61 Å². The van der Waals surface area contributed by atoms with Crippen LogP contribution >= 0.6 is 0 Å². The van der Waals surface area contributed by atoms with Crippen LogP contribution in [0.25, 0.3) is 0 Å². The first-order chi connectivity index (χ1) is 5.88. The van der Waals surface area contributed by atoms with Crippen LogP contribution in [0.1, 0.15) is 6.92 Å². The van der Waals surface area contributed by atoms with Crippen molar-refractivity contribution in [2.45, 2.75) is 13.2 Å². The van der Waals surface area contributed by atoms with Crippen LogP contribution in [0.2, 0.25) is 0 Å². The Labute approximate surface area is 73.5 Å². The normalized spacial score (nSPS) is 22.5. The van der Waals surface area contributed by atoms with Crippen molar-refractivity contribution < 1.29 is 9.84 Å². The van der Waals surface area contributed by atoms with Gasteiger partial charge in [-0.15, -0.1) is 0 Å². The summed E-state index contributed by atoms with van der Waals surface area (Å²) in [6.45, 7) is 6.61. The highest BCUT2D eigenvalue weighted by atomic mass is 16.5. The second kappa shape index (κ2) is 5.48. The van der Waals surface area contributed by atoms with Gasteiger partial charge in [0.1, 0.15) is 6.23 Å². The summed E-state index contributed by atoms with van der Waals surface area (Å²) in [7, 11) is 0. The molecular formula is C8H18N2O2. The number of hydrogen-bond acceptors (Lipinski definition) is 4. The molecular weight excluding hydrogens is 156 g/mol. The predicted molar refractivity (Wildman–Crippen MR) is 46.9 cm³/mol. The fourth-order valence-electron chi connectivity index (χ4n) is 1.44. The Morgan fingerprint density at radius 2 is 2.17 bits per heavy atom. The Morgan fingerprint density at radius 3 is 2.67 bits per heavy atom. The van der Waals surface area contributed by atoms with Gasteiger partial charge in [-0.1, -0.05) is 0 Å². The lowest BCUT2D eigenvalue weighted by Crippen LogP contribution is -2.50. The number of nitrogens with one attached hydrogen (secondary N) is 1. The maximum Gasteiger partial charge on any atom is 0.134 e. The second-order valence-electron chi connectivity index (χ2n) is 2.88. The van der Waals surface area contributed by atoms with E-state index in [1.807, 2.05) is 6.92 Å². The Bertz CT molecular complexity index is 113. The minimum atomic E-state index is -0.0999. The number of ether oxygens (including phenoxy) is 1. The lowest BCUT2D eigenvalue weighted by molar-refractivity contribution is -0.0863. The van der Waals surface area contributed by atoms with E-state index in [9.17, 15) is 0 Å². The molecule has 1 heterocycles. The molecule has 0 aromatic rings. The zero-order valence-electron chi connectivity index (χ0n) is 7.62. The Morgan fingerprint density at radius 1 is 1.50 bits per heavy atom. The van der Waals surface area contributed by atoms with Crippen LogP contribution < -0.4 is 5.32 Å². The SMILES string of the molecule is CCOC(CO)N1CCNCC1. The van der Waals surface area contributed by atoms with Gasteiger partial charge >= 0.3 is 0 Å². The summed E-state index contributed by atoms with van der Waals surface area (Å²) < 4.78 is 5.38. The third-order valence-electron chi connectivity index (χ3n) is 2.07. The fraction of sp³-hybridized carbons (Fsp3) is 1.00. The van der Waals surface area contributed by atoms with E-state index < -0.39 is 0 Å². The molecule has 0 aromatic heterocycles. The summed E-state index contributed by atoms with van der Waals surface area (Å²) in [5.74, 6) is 0. The number of nitrogens with zero attached hydrogens (tertiary/aromatic N) is 1. The third-order valence-corrected chi connectivity index (χ3v) is 2.07. The minimum absolute atomic E-state index is 0.0911. The van der Waals surface area contributed by atoms with Gasteiger partial charge in [-0.05, 0) is 6.92 Å². The molecule has 1 fully saturated rings. The van der Waals surface area contributed by atoms with Crippen LogP contribution in [0.3, 0.4) is 0 Å². The standard InChI is InChI=1S/C8H18N2O2/c1-2-12-8(7-11)10-5-3-9-4-6-10/h8-9,11H,2-7H2,1H3. The van der Waals surface area contributed by atoms with Crippen LogP contribution in [-0.4, -0.2) is 55.6 Å². The Hall–Kier alpha value is -0.160. The van der Waals surface area contributed by atoms with Gasteiger partial charge in [-0.2, -0.15) is 0 Å². The van der Waals surface area contributed by atoms with Gasteiger partial charge in [0, 0.05) is 32.8 Å². The lowest BCUT2D eigenvalue weighted by Gasteiger charge is -2.33. The van der Waals surface area contributed by atoms with Crippen LogP contribution in [0.5, 0.6) is 0 Å². The summed E-state index contributed by atoms with van der Waals surface area (Å²) in [6, 6.07) is 0. The summed E-state index contributed by atoms with van der Waals surface area (Å²) in [5.41, 5.74) is 0. The third kappa shape index (κ3) is 2.71. The zero-order chi connectivity index (χ0) is 8.81. The van der Waals surface area contributed by atoms with Crippen LogP contribution in [0.4, 0.5) is 0 Å². The summed E-state index contributed by atoms with van der Waals surface area (Å²) in [4.78, 5) is 2.17. The molecule has 1 saturated heterocycles. The quantitative estimate of drug-likeness (QED) is 0.588. The van der Waals surface area contributed by atoms with Gasteiger partial charge in [-0.25, -0.2) is 0 Å². The first-order valence-electron chi connectivity index (χ1n) is 4.55. The maximum absolute atomic E-state index is 9.02. The zero-order valence-corrected chi connectivity index (χ0v) is 7.62. The van der Waals surface area contributed by atoms with Gasteiger partial charge in [0.25, 0.3) is 0 Å². The maximum atomic E-state index is 9.02. The Balaban J connectivity index is 2.29. The number of hydrogen-bond donors (Lipinski definition) is 2. The van der Waals surface area contributed by atoms with E-state index in [4.69, 9.17) is 9.84 Å². The molecule has 4 nitrogen and oxygen atoms in total. The first-order valence-corrected chi connectivity index (χ1v) is 4.55. The van der Waals surface area contributed by atoms with Crippen molar-refractivity contribution in [3.8, 4) is 0 Å². The predicted octanol–water partition coefficient (Wildman–Crippen LogP) is -0.753. The highest BCUT2D eigenvalue weighted by molar-refractivity contribution is 4.70. The van der Waals surface area contributed by atoms with E-state index in [0.717, 1.165) is 26.2 Å². The largest absolute Gasteiger partial charge is 0.392 e. The molecule has 1 aliphatic rings. The summed E-state index contributed by atoms with van der Waals surface area (Å²) >= 11 is 0. The fourth-order valence-corrected chi connectivity index (χ4v) is 1.44. The van der Waals surface area contributed by atoms with E-state index in [1.54, 1.807) is 0 Å². The molecule has 1 aliphatic heterocycles. The molecule has 12 heavy (non-hydrogen) atoms. The van der Waals surface area contributed by atoms with E-state index in [-0.39, 0.29) is 12.8 Å². The molecule has 1 unspecified atom stereocenters. The first kappa shape index (κ1) is 9.92. The highest BCUT2D eigenvalue weighted by Crippen LogP contribution is 2.02. The molecule has 0 spiro atoms. The smallest absolute Gasteiger partial charge is 0.134 e. The molecule has 1 atom stereocenters. The molecule has 0 aromatic carbocycles. The molecule has 0 aliphatic carbocycles. The molecule has 72 valence electrons. The summed E-state index contributed by atoms with van der Waals surface area (Å²) in [5, 5.41) is 12.3. The molecule has 2 N–H and O–H groups in total. The number of aliphatic hydroxyl groups excluding tert-OH is 1. The van der Waals surface area contributed by atoms with E-state index in [0.29, 0.717) is 6.61 Å². The van der Waals surface area contributed by atoms with Crippen molar-refractivity contribution in [2.24, 2.45) is 0 Å². The topological polar surface area (TPSA) is 44.7 Å². The molecule has 0 amide bonds. The van der Waals surface area contributed by atoms with Crippen LogP contribution in [0.15, 0.2) is 0 Å². The average Bonchev–Trinajstić information content (AvgIpc) is 2.15. The summed E-state index contributed by atoms with van der Waals surface area (Å²) in [6.07, 6.45) is -0.0999. The average molecular weight is 174 g/mol. The minimum Gasteiger partial charge on any atom is -0.392 e. The Kier molecular flexibility index (Phi) is 4.53. The second-order valence-corrected chi connectivity index (χ2v) is 2.88. The molecule has 0 radical (unpaired) electrons. The molecule has 0 bridgehead atoms. The molecule has 4 heteroatoms. The number of piperazine rings is 1. The van der Waals surface area contributed by atoms with Crippen molar-refractivity contribution in [1.29, 1.82) is 0 Å². The van der Waals surface area contributed by atoms with E-state index >= 15 is 0 Å². The van der Waals surface area contributed by atoms with Crippen molar-refractivity contribution in [1.82, 2.24) is 10.2 Å². The van der Waals surface area contributed by atoms with E-state index in [1.165, 1.54) is 0 Å². The van der Waals surface area contributed by atoms with Crippen molar-refractivity contribution >= 4 is 0 Å². The van der Waals surface area contributed by atoms with Gasteiger partial charge in [0.15, 0.2) is 0 Å². The van der Waals surface area contributed by atoms with Crippen molar-refractivity contribution in [2.75, 3.05) is 39.4 Å². The van der Waals surface area contributed by atoms with Crippen LogP contribution in [-0.2, 0) is 4.74 Å². The number of rotatable bonds is 4. The van der Waals surface area contributed by atoms with Crippen molar-refractivity contribution in [3.63, 3.8) is 0 Å². The van der Waals surface area contributed by atoms with Crippen LogP contribution in [0, 0.1) is 0 Å². The highest BCUT2D eigenvalue weighted by Gasteiger charge is 2.19. The van der Waals surface area contributed by atoms with Gasteiger partial charge in [-0.3, -0.25) is 4.90 Å². The van der Waals surface area contributed by atoms with Crippen molar-refractivity contribution in [3.05, 3.63) is 0 Å². The monoisotopic (exact) mass is 174 g/mol. The molecule has 1 rings (SSSR count). The van der Waals surface area contributed by atoms with Gasteiger partial charge < -0.3 is 15.2 Å². The molecule has 0 saturated carbocycles. The van der Waals surface area contributed by atoms with Gasteiger partial charge in [0.2, 0.25) is 0 Å². The number of aliphatic hydroxyl groups is 1.